The smallest absolute Gasteiger partial charge is 0.238 e. The van der Waals surface area contributed by atoms with E-state index < -0.39 is 0 Å². The zero-order chi connectivity index (χ0) is 18.1. The van der Waals surface area contributed by atoms with Crippen LogP contribution in [0.25, 0.3) is 0 Å². The molecule has 0 aliphatic rings. The first-order valence-corrected chi connectivity index (χ1v) is 8.45. The fraction of sp³-hybridized carbons (Fsp3) is 0.300. The van der Waals surface area contributed by atoms with Gasteiger partial charge in [-0.3, -0.25) is 14.5 Å². The number of amides is 1. The van der Waals surface area contributed by atoms with E-state index in [1.54, 1.807) is 24.3 Å². The number of hydrogen-bond donors (Lipinski definition) is 2. The van der Waals surface area contributed by atoms with Gasteiger partial charge in [-0.1, -0.05) is 42.5 Å². The predicted molar refractivity (Wildman–Crippen MR) is 108 cm³/mol. The number of ketones is 1. The second-order valence-electron chi connectivity index (χ2n) is 5.99. The van der Waals surface area contributed by atoms with Gasteiger partial charge in [0.15, 0.2) is 5.78 Å². The van der Waals surface area contributed by atoms with Crippen molar-refractivity contribution in [3.8, 4) is 0 Å². The van der Waals surface area contributed by atoms with Crippen LogP contribution in [0.15, 0.2) is 54.6 Å². The molecule has 0 spiro atoms. The first-order chi connectivity index (χ1) is 12.1. The lowest BCUT2D eigenvalue weighted by atomic mass is 10.1. The second kappa shape index (κ2) is 11.4. The Bertz CT molecular complexity index is 707. The molecular formula is C20H26ClN3O2. The van der Waals surface area contributed by atoms with Crippen molar-refractivity contribution < 1.29 is 9.59 Å². The van der Waals surface area contributed by atoms with Gasteiger partial charge >= 0.3 is 0 Å². The lowest BCUT2D eigenvalue weighted by Crippen LogP contribution is -2.38. The van der Waals surface area contributed by atoms with Crippen molar-refractivity contribution in [3.63, 3.8) is 0 Å². The highest BCUT2D eigenvalue weighted by Gasteiger charge is 2.11. The summed E-state index contributed by atoms with van der Waals surface area (Å²) >= 11 is 0. The Morgan fingerprint density at radius 3 is 2.42 bits per heavy atom. The number of rotatable bonds is 9. The largest absolute Gasteiger partial charge is 0.329 e. The molecule has 3 N–H and O–H groups in total. The summed E-state index contributed by atoms with van der Waals surface area (Å²) in [6.07, 6.45) is 0.869. The lowest BCUT2D eigenvalue weighted by Gasteiger charge is -2.21. The van der Waals surface area contributed by atoms with Crippen LogP contribution in [0, 0.1) is 0 Å². The zero-order valence-electron chi connectivity index (χ0n) is 15.0. The van der Waals surface area contributed by atoms with Crippen LogP contribution in [0.1, 0.15) is 22.8 Å². The van der Waals surface area contributed by atoms with E-state index in [4.69, 9.17) is 5.73 Å². The fourth-order valence-corrected chi connectivity index (χ4v) is 2.60. The molecule has 0 aliphatic heterocycles. The quantitative estimate of drug-likeness (QED) is 0.661. The van der Waals surface area contributed by atoms with Crippen LogP contribution < -0.4 is 11.1 Å². The van der Waals surface area contributed by atoms with Crippen LogP contribution in [0.2, 0.25) is 0 Å². The summed E-state index contributed by atoms with van der Waals surface area (Å²) in [5.41, 5.74) is 8.12. The maximum atomic E-state index is 12.3. The van der Waals surface area contributed by atoms with E-state index in [9.17, 15) is 9.59 Å². The standard InChI is InChI=1S/C20H25N3O2.ClH/c1-16(24)18-8-5-9-19(14-18)22-20(25)15-23(13-11-21)12-10-17-6-3-2-4-7-17;/h2-9,14H,10-13,15,21H2,1H3,(H,22,25);1H. The maximum absolute atomic E-state index is 12.3. The number of halogens is 1. The molecule has 0 atom stereocenters. The molecule has 5 nitrogen and oxygen atoms in total. The molecule has 0 saturated heterocycles. The molecule has 0 aliphatic carbocycles. The molecule has 2 aromatic rings. The van der Waals surface area contributed by atoms with Gasteiger partial charge in [0, 0.05) is 30.9 Å². The second-order valence-corrected chi connectivity index (χ2v) is 5.99. The van der Waals surface area contributed by atoms with Crippen LogP contribution in [0.3, 0.4) is 0 Å². The summed E-state index contributed by atoms with van der Waals surface area (Å²) in [4.78, 5) is 25.8. The van der Waals surface area contributed by atoms with Gasteiger partial charge in [-0.05, 0) is 31.0 Å². The molecule has 2 aromatic carbocycles. The zero-order valence-corrected chi connectivity index (χ0v) is 15.8. The van der Waals surface area contributed by atoms with Gasteiger partial charge in [-0.15, -0.1) is 12.4 Å². The molecule has 0 saturated carbocycles. The molecule has 2 rings (SSSR count). The topological polar surface area (TPSA) is 75.4 Å². The molecule has 0 aromatic heterocycles. The van der Waals surface area contributed by atoms with Crippen LogP contribution in [0.4, 0.5) is 5.69 Å². The minimum absolute atomic E-state index is 0. The number of hydrogen-bond acceptors (Lipinski definition) is 4. The number of nitrogens with two attached hydrogens (primary N) is 1. The highest BCUT2D eigenvalue weighted by molar-refractivity contribution is 5.97. The summed E-state index contributed by atoms with van der Waals surface area (Å²) in [5, 5.41) is 2.85. The maximum Gasteiger partial charge on any atom is 0.238 e. The Morgan fingerprint density at radius 2 is 1.77 bits per heavy atom. The van der Waals surface area contributed by atoms with Crippen molar-refractivity contribution in [1.29, 1.82) is 0 Å². The SMILES string of the molecule is CC(=O)c1cccc(NC(=O)CN(CCN)CCc2ccccc2)c1.Cl. The lowest BCUT2D eigenvalue weighted by molar-refractivity contribution is -0.117. The number of nitrogens with one attached hydrogen (secondary N) is 1. The van der Waals surface area contributed by atoms with E-state index in [-0.39, 0.29) is 30.6 Å². The molecule has 0 bridgehead atoms. The highest BCUT2D eigenvalue weighted by atomic mass is 35.5. The molecule has 0 fully saturated rings. The minimum Gasteiger partial charge on any atom is -0.329 e. The Balaban J connectivity index is 0.00000338. The predicted octanol–water partition coefficient (Wildman–Crippen LogP) is 2.75. The van der Waals surface area contributed by atoms with E-state index in [1.807, 2.05) is 23.1 Å². The average Bonchev–Trinajstić information content (AvgIpc) is 2.61. The van der Waals surface area contributed by atoms with Gasteiger partial charge in [-0.2, -0.15) is 0 Å². The molecule has 0 radical (unpaired) electrons. The van der Waals surface area contributed by atoms with E-state index in [2.05, 4.69) is 17.4 Å². The Labute approximate surface area is 161 Å². The third-order valence-electron chi connectivity index (χ3n) is 3.92. The fourth-order valence-electron chi connectivity index (χ4n) is 2.60. The third-order valence-corrected chi connectivity index (χ3v) is 3.92. The molecule has 6 heteroatoms. The van der Waals surface area contributed by atoms with Crippen LogP contribution in [0.5, 0.6) is 0 Å². The first kappa shape index (κ1) is 21.8. The van der Waals surface area contributed by atoms with Crippen molar-refractivity contribution in [2.24, 2.45) is 5.73 Å². The first-order valence-electron chi connectivity index (χ1n) is 8.45. The van der Waals surface area contributed by atoms with Gasteiger partial charge in [0.25, 0.3) is 0 Å². The van der Waals surface area contributed by atoms with E-state index in [0.29, 0.717) is 24.3 Å². The van der Waals surface area contributed by atoms with E-state index in [1.165, 1.54) is 12.5 Å². The summed E-state index contributed by atoms with van der Waals surface area (Å²) in [7, 11) is 0. The number of benzene rings is 2. The number of Topliss-reactive ketones (excluding diaryl/α,β-unsaturated/α-hetero) is 1. The summed E-state index contributed by atoms with van der Waals surface area (Å²) in [6, 6.07) is 17.1. The van der Waals surface area contributed by atoms with Crippen molar-refractivity contribution in [2.45, 2.75) is 13.3 Å². The van der Waals surface area contributed by atoms with Gasteiger partial charge in [0.05, 0.1) is 6.54 Å². The number of carbonyl (C=O) groups is 2. The molecule has 26 heavy (non-hydrogen) atoms. The highest BCUT2D eigenvalue weighted by Crippen LogP contribution is 2.11. The third kappa shape index (κ3) is 7.35. The van der Waals surface area contributed by atoms with Gasteiger partial charge < -0.3 is 11.1 Å². The average molecular weight is 376 g/mol. The van der Waals surface area contributed by atoms with Gasteiger partial charge in [0.2, 0.25) is 5.91 Å². The number of nitrogens with zero attached hydrogens (tertiary/aromatic N) is 1. The van der Waals surface area contributed by atoms with Gasteiger partial charge in [0.1, 0.15) is 0 Å². The van der Waals surface area contributed by atoms with Crippen LogP contribution in [-0.2, 0) is 11.2 Å². The molecule has 0 heterocycles. The molecule has 1 amide bonds. The van der Waals surface area contributed by atoms with Crippen molar-refractivity contribution in [1.82, 2.24) is 4.90 Å². The van der Waals surface area contributed by atoms with E-state index in [0.717, 1.165) is 13.0 Å². The van der Waals surface area contributed by atoms with Gasteiger partial charge in [-0.25, -0.2) is 0 Å². The van der Waals surface area contributed by atoms with Crippen molar-refractivity contribution in [3.05, 3.63) is 65.7 Å². The van der Waals surface area contributed by atoms with Crippen LogP contribution in [-0.4, -0.2) is 42.8 Å². The minimum atomic E-state index is -0.109. The Hall–Kier alpha value is -2.21. The Morgan fingerprint density at radius 1 is 1.04 bits per heavy atom. The summed E-state index contributed by atoms with van der Waals surface area (Å²) in [6.45, 7) is 3.71. The van der Waals surface area contributed by atoms with Crippen LogP contribution >= 0.6 is 12.4 Å². The summed E-state index contributed by atoms with van der Waals surface area (Å²) < 4.78 is 0. The molecular weight excluding hydrogens is 350 g/mol. The molecule has 0 unspecified atom stereocenters. The van der Waals surface area contributed by atoms with Crippen molar-refractivity contribution in [2.75, 3.05) is 31.5 Å². The normalized spacial score (nSPS) is 10.3. The van der Waals surface area contributed by atoms with E-state index >= 15 is 0 Å². The summed E-state index contributed by atoms with van der Waals surface area (Å²) in [5.74, 6) is -0.133. The number of anilines is 1. The number of carbonyl (C=O) groups excluding carboxylic acids is 2. The van der Waals surface area contributed by atoms with Crippen molar-refractivity contribution >= 4 is 29.8 Å². The molecule has 140 valence electrons. The Kier molecular flexibility index (Phi) is 9.58. The monoisotopic (exact) mass is 375 g/mol.